The topological polar surface area (TPSA) is 55.1 Å². The average Bonchev–Trinajstić information content (AvgIpc) is 2.14. The van der Waals surface area contributed by atoms with Gasteiger partial charge < -0.3 is 11.1 Å². The smallest absolute Gasteiger partial charge is 0.255 e. The lowest BCUT2D eigenvalue weighted by Crippen LogP contribution is -2.35. The van der Waals surface area contributed by atoms with Crippen molar-refractivity contribution in [3.63, 3.8) is 0 Å². The van der Waals surface area contributed by atoms with Gasteiger partial charge >= 0.3 is 0 Å². The lowest BCUT2D eigenvalue weighted by molar-refractivity contribution is 0.0947. The van der Waals surface area contributed by atoms with Crippen molar-refractivity contribution in [2.24, 2.45) is 5.73 Å². The Balaban J connectivity index is 2.82. The number of nitrogens with one attached hydrogen (secondary N) is 1. The molecule has 15 heavy (non-hydrogen) atoms. The maximum Gasteiger partial charge on any atom is 0.255 e. The summed E-state index contributed by atoms with van der Waals surface area (Å²) < 4.78 is 13.7. The highest BCUT2D eigenvalue weighted by Gasteiger charge is 2.14. The second-order valence-electron chi connectivity index (χ2n) is 3.28. The van der Waals surface area contributed by atoms with Crippen LogP contribution in [0.1, 0.15) is 17.3 Å². The minimum atomic E-state index is -0.549. The molecule has 0 aliphatic heterocycles. The van der Waals surface area contributed by atoms with Crippen molar-refractivity contribution in [2.45, 2.75) is 13.0 Å². The van der Waals surface area contributed by atoms with Gasteiger partial charge in [-0.05, 0) is 35.0 Å². The van der Waals surface area contributed by atoms with Crippen LogP contribution in [0.25, 0.3) is 0 Å². The maximum absolute atomic E-state index is 13.3. The fraction of sp³-hybridized carbons (Fsp3) is 0.300. The Bertz CT molecular complexity index is 348. The molecule has 0 spiro atoms. The van der Waals surface area contributed by atoms with Gasteiger partial charge in [0.2, 0.25) is 0 Å². The molecule has 1 aromatic rings. The van der Waals surface area contributed by atoms with Crippen LogP contribution < -0.4 is 11.1 Å². The number of carbonyl (C=O) groups is 1. The van der Waals surface area contributed by atoms with E-state index in [0.29, 0.717) is 11.0 Å². The molecule has 1 atom stereocenters. The molecule has 1 amide bonds. The van der Waals surface area contributed by atoms with E-state index in [4.69, 9.17) is 5.73 Å². The van der Waals surface area contributed by atoms with Gasteiger partial charge in [0.15, 0.2) is 0 Å². The Morgan fingerprint density at radius 3 is 2.87 bits per heavy atom. The lowest BCUT2D eigenvalue weighted by atomic mass is 10.2. The van der Waals surface area contributed by atoms with Gasteiger partial charge in [-0.15, -0.1) is 0 Å². The second kappa shape index (κ2) is 5.23. The summed E-state index contributed by atoms with van der Waals surface area (Å²) in [5.74, 6) is -1.01. The number of benzene rings is 1. The normalized spacial score (nSPS) is 12.3. The number of carbonyl (C=O) groups excluding carboxylic acids is 1. The third-order valence-corrected chi connectivity index (χ3v) is 2.44. The number of amides is 1. The van der Waals surface area contributed by atoms with E-state index in [0.717, 1.165) is 0 Å². The summed E-state index contributed by atoms with van der Waals surface area (Å²) in [6, 6.07) is 4.23. The average molecular weight is 275 g/mol. The zero-order chi connectivity index (χ0) is 11.4. The van der Waals surface area contributed by atoms with Crippen LogP contribution in [0.2, 0.25) is 0 Å². The molecule has 0 radical (unpaired) electrons. The summed E-state index contributed by atoms with van der Waals surface area (Å²) in [4.78, 5) is 11.6. The van der Waals surface area contributed by atoms with E-state index in [2.05, 4.69) is 21.2 Å². The number of rotatable bonds is 3. The third kappa shape index (κ3) is 3.28. The molecule has 0 bridgehead atoms. The zero-order valence-corrected chi connectivity index (χ0v) is 9.84. The van der Waals surface area contributed by atoms with E-state index in [1.54, 1.807) is 13.0 Å². The van der Waals surface area contributed by atoms with Crippen molar-refractivity contribution >= 4 is 21.8 Å². The van der Waals surface area contributed by atoms with Gasteiger partial charge in [0, 0.05) is 17.1 Å². The van der Waals surface area contributed by atoms with E-state index in [1.807, 2.05) is 0 Å². The van der Waals surface area contributed by atoms with E-state index in [9.17, 15) is 9.18 Å². The summed E-state index contributed by atoms with van der Waals surface area (Å²) in [6.07, 6.45) is 0. The lowest BCUT2D eigenvalue weighted by Gasteiger charge is -2.09. The molecular formula is C10H12BrFN2O. The fourth-order valence-corrected chi connectivity index (χ4v) is 1.58. The highest BCUT2D eigenvalue weighted by atomic mass is 79.9. The number of nitrogens with two attached hydrogens (primary N) is 1. The van der Waals surface area contributed by atoms with Gasteiger partial charge in [-0.3, -0.25) is 4.79 Å². The maximum atomic E-state index is 13.3. The van der Waals surface area contributed by atoms with Gasteiger partial charge in [-0.1, -0.05) is 6.07 Å². The molecule has 0 fully saturated rings. The van der Waals surface area contributed by atoms with Gasteiger partial charge in [-0.2, -0.15) is 0 Å². The van der Waals surface area contributed by atoms with E-state index in [-0.39, 0.29) is 11.6 Å². The molecule has 1 rings (SSSR count). The third-order valence-electron chi connectivity index (χ3n) is 1.77. The van der Waals surface area contributed by atoms with Crippen molar-refractivity contribution in [1.82, 2.24) is 5.32 Å². The van der Waals surface area contributed by atoms with Gasteiger partial charge in [-0.25, -0.2) is 4.39 Å². The Morgan fingerprint density at radius 1 is 1.67 bits per heavy atom. The first kappa shape index (κ1) is 12.1. The van der Waals surface area contributed by atoms with Crippen molar-refractivity contribution < 1.29 is 9.18 Å². The summed E-state index contributed by atoms with van der Waals surface area (Å²) in [5.41, 5.74) is 5.49. The summed E-state index contributed by atoms with van der Waals surface area (Å²) >= 11 is 3.12. The molecule has 1 unspecified atom stereocenters. The molecule has 0 saturated heterocycles. The van der Waals surface area contributed by atoms with Gasteiger partial charge in [0.25, 0.3) is 5.91 Å². The van der Waals surface area contributed by atoms with Crippen LogP contribution in [0.3, 0.4) is 0 Å². The van der Waals surface area contributed by atoms with Crippen LogP contribution in [-0.2, 0) is 0 Å². The highest BCUT2D eigenvalue weighted by molar-refractivity contribution is 9.10. The first-order valence-electron chi connectivity index (χ1n) is 4.50. The standard InChI is InChI=1S/C10H12BrFN2O/c1-6(13)5-14-10(15)9-7(11)3-2-4-8(9)12/h2-4,6H,5,13H2,1H3,(H,14,15). The summed E-state index contributed by atoms with van der Waals surface area (Å²) in [6.45, 7) is 2.08. The Kier molecular flexibility index (Phi) is 4.23. The predicted octanol–water partition coefficient (Wildman–Crippen LogP) is 1.67. The van der Waals surface area contributed by atoms with Crippen LogP contribution in [-0.4, -0.2) is 18.5 Å². The molecule has 0 saturated carbocycles. The minimum Gasteiger partial charge on any atom is -0.350 e. The first-order valence-corrected chi connectivity index (χ1v) is 5.29. The van der Waals surface area contributed by atoms with Crippen LogP contribution >= 0.6 is 15.9 Å². The zero-order valence-electron chi connectivity index (χ0n) is 8.26. The molecule has 0 heterocycles. The van der Waals surface area contributed by atoms with Crippen LogP contribution in [0.4, 0.5) is 4.39 Å². The summed E-state index contributed by atoms with van der Waals surface area (Å²) in [7, 11) is 0. The minimum absolute atomic E-state index is 0.0122. The van der Waals surface area contributed by atoms with E-state index < -0.39 is 11.7 Å². The van der Waals surface area contributed by atoms with Crippen molar-refractivity contribution in [1.29, 1.82) is 0 Å². The first-order chi connectivity index (χ1) is 7.02. The molecule has 3 nitrogen and oxygen atoms in total. The second-order valence-corrected chi connectivity index (χ2v) is 4.14. The van der Waals surface area contributed by atoms with Crippen molar-refractivity contribution in [2.75, 3.05) is 6.54 Å². The predicted molar refractivity (Wildman–Crippen MR) is 60.1 cm³/mol. The molecular weight excluding hydrogens is 263 g/mol. The quantitative estimate of drug-likeness (QED) is 0.881. The van der Waals surface area contributed by atoms with Crippen LogP contribution in [0.15, 0.2) is 22.7 Å². The van der Waals surface area contributed by atoms with Gasteiger partial charge in [0.1, 0.15) is 5.82 Å². The van der Waals surface area contributed by atoms with Crippen LogP contribution in [0, 0.1) is 5.82 Å². The monoisotopic (exact) mass is 274 g/mol. The molecule has 0 aliphatic rings. The largest absolute Gasteiger partial charge is 0.350 e. The Morgan fingerprint density at radius 2 is 2.33 bits per heavy atom. The highest BCUT2D eigenvalue weighted by Crippen LogP contribution is 2.19. The molecule has 0 aromatic heterocycles. The van der Waals surface area contributed by atoms with E-state index >= 15 is 0 Å². The SMILES string of the molecule is CC(N)CNC(=O)c1c(F)cccc1Br. The molecule has 82 valence electrons. The number of hydrogen-bond donors (Lipinski definition) is 2. The fourth-order valence-electron chi connectivity index (χ4n) is 1.06. The van der Waals surface area contributed by atoms with Crippen molar-refractivity contribution in [3.8, 4) is 0 Å². The number of halogens is 2. The number of hydrogen-bond acceptors (Lipinski definition) is 2. The molecule has 1 aromatic carbocycles. The molecule has 3 N–H and O–H groups in total. The Hall–Kier alpha value is -0.940. The Labute approximate surface area is 96.0 Å². The van der Waals surface area contributed by atoms with Crippen LogP contribution in [0.5, 0.6) is 0 Å². The van der Waals surface area contributed by atoms with E-state index in [1.165, 1.54) is 12.1 Å². The summed E-state index contributed by atoms with van der Waals surface area (Å²) in [5, 5.41) is 2.55. The molecule has 5 heteroatoms. The van der Waals surface area contributed by atoms with Crippen molar-refractivity contribution in [3.05, 3.63) is 34.1 Å². The molecule has 0 aliphatic carbocycles. The van der Waals surface area contributed by atoms with Gasteiger partial charge in [0.05, 0.1) is 5.56 Å².